The molecule has 2 rings (SSSR count). The quantitative estimate of drug-likeness (QED) is 0.250. The Balaban J connectivity index is 2.14. The van der Waals surface area contributed by atoms with Gasteiger partial charge in [-0.05, 0) is 29.2 Å². The lowest BCUT2D eigenvalue weighted by atomic mass is 9.95. The van der Waals surface area contributed by atoms with Crippen molar-refractivity contribution in [2.45, 2.75) is 63.2 Å². The van der Waals surface area contributed by atoms with E-state index in [1.807, 2.05) is 44.2 Å². The fraction of sp³-hybridized carbons (Fsp3) is 0.423. The van der Waals surface area contributed by atoms with E-state index in [1.165, 1.54) is 12.1 Å². The van der Waals surface area contributed by atoms with Crippen molar-refractivity contribution in [3.05, 3.63) is 65.7 Å². The lowest BCUT2D eigenvalue weighted by Crippen LogP contribution is -2.54. The highest BCUT2D eigenvalue weighted by molar-refractivity contribution is 7.81. The van der Waals surface area contributed by atoms with Gasteiger partial charge in [-0.15, -0.1) is 0 Å². The number of benzene rings is 2. The topological polar surface area (TPSA) is 139 Å². The number of thiol groups is 1. The van der Waals surface area contributed by atoms with Crippen LogP contribution in [0.1, 0.15) is 37.8 Å². The number of carbonyl (C=O) groups excluding carboxylic acids is 2. The van der Waals surface area contributed by atoms with Crippen molar-refractivity contribution in [3.8, 4) is 5.75 Å². The average Bonchev–Trinajstić information content (AvgIpc) is 2.86. The molecule has 1 amide bonds. The Labute approximate surface area is 211 Å². The van der Waals surface area contributed by atoms with Crippen molar-refractivity contribution >= 4 is 30.3 Å². The number of carboxylic acid groups (broad SMARTS) is 1. The number of hydrogen-bond donors (Lipinski definition) is 5. The molecule has 0 aliphatic carbocycles. The molecule has 190 valence electrons. The standard InChI is InChI=1S/C26H34N2O6S/c1-3-16(2)24(35)21(30)14-22(34-15-18-7-5-4-6-8-18)23(27)25(31)28-20(26(32)33)13-17-9-11-19(29)12-10-17/h4-12,16,20,22-24,29,35H,3,13-15,27H2,1-2H3,(H,28,31)(H,32,33)/t16?,20-,22?,23?,24?/m0/s1. The molecule has 0 fully saturated rings. The molecule has 2 aromatic rings. The summed E-state index contributed by atoms with van der Waals surface area (Å²) >= 11 is 4.44. The number of nitrogens with two attached hydrogens (primary N) is 1. The normalized spacial score (nSPS) is 15.4. The molecule has 0 radical (unpaired) electrons. The summed E-state index contributed by atoms with van der Waals surface area (Å²) in [5.74, 6) is -2.07. The van der Waals surface area contributed by atoms with E-state index in [4.69, 9.17) is 10.5 Å². The lowest BCUT2D eigenvalue weighted by Gasteiger charge is -2.26. The first-order valence-corrected chi connectivity index (χ1v) is 12.1. The highest BCUT2D eigenvalue weighted by Gasteiger charge is 2.33. The Morgan fingerprint density at radius 3 is 2.26 bits per heavy atom. The Morgan fingerprint density at radius 2 is 1.69 bits per heavy atom. The van der Waals surface area contributed by atoms with Gasteiger partial charge in [-0.2, -0.15) is 12.6 Å². The van der Waals surface area contributed by atoms with E-state index in [0.717, 1.165) is 12.0 Å². The molecule has 2 aromatic carbocycles. The predicted octanol–water partition coefficient (Wildman–Crippen LogP) is 2.72. The smallest absolute Gasteiger partial charge is 0.326 e. The number of phenols is 1. The monoisotopic (exact) mass is 502 g/mol. The van der Waals surface area contributed by atoms with Gasteiger partial charge in [0.05, 0.1) is 18.0 Å². The van der Waals surface area contributed by atoms with E-state index >= 15 is 0 Å². The summed E-state index contributed by atoms with van der Waals surface area (Å²) < 4.78 is 5.90. The van der Waals surface area contributed by atoms with Gasteiger partial charge in [-0.3, -0.25) is 9.59 Å². The SMILES string of the molecule is CCC(C)C(S)C(=O)CC(OCc1ccccc1)C(N)C(=O)N[C@@H](Cc1ccc(O)cc1)C(=O)O. The van der Waals surface area contributed by atoms with Crippen LogP contribution in [0.15, 0.2) is 54.6 Å². The summed E-state index contributed by atoms with van der Waals surface area (Å²) in [6.07, 6.45) is -0.339. The van der Waals surface area contributed by atoms with Gasteiger partial charge in [-0.25, -0.2) is 4.79 Å². The highest BCUT2D eigenvalue weighted by atomic mass is 32.1. The molecular weight excluding hydrogens is 468 g/mol. The largest absolute Gasteiger partial charge is 0.508 e. The van der Waals surface area contributed by atoms with Crippen molar-refractivity contribution < 1.29 is 29.3 Å². The number of hydrogen-bond acceptors (Lipinski definition) is 7. The summed E-state index contributed by atoms with van der Waals surface area (Å²) in [7, 11) is 0. The second-order valence-electron chi connectivity index (χ2n) is 8.63. The number of carboxylic acids is 1. The molecule has 35 heavy (non-hydrogen) atoms. The zero-order chi connectivity index (χ0) is 26.0. The maximum Gasteiger partial charge on any atom is 0.326 e. The molecule has 4 unspecified atom stereocenters. The average molecular weight is 503 g/mol. The molecule has 0 heterocycles. The van der Waals surface area contributed by atoms with Crippen LogP contribution in [0, 0.1) is 5.92 Å². The van der Waals surface area contributed by atoms with Crippen LogP contribution >= 0.6 is 12.6 Å². The first kappa shape index (κ1) is 28.4. The molecule has 0 bridgehead atoms. The van der Waals surface area contributed by atoms with Crippen LogP contribution in [0.3, 0.4) is 0 Å². The van der Waals surface area contributed by atoms with E-state index in [1.54, 1.807) is 12.1 Å². The number of ketones is 1. The zero-order valence-electron chi connectivity index (χ0n) is 20.0. The van der Waals surface area contributed by atoms with E-state index in [9.17, 15) is 24.6 Å². The zero-order valence-corrected chi connectivity index (χ0v) is 20.9. The Hall–Kier alpha value is -2.88. The molecule has 0 aromatic heterocycles. The fourth-order valence-electron chi connectivity index (χ4n) is 3.43. The number of amides is 1. The number of aromatic hydroxyl groups is 1. The Morgan fingerprint density at radius 1 is 1.06 bits per heavy atom. The van der Waals surface area contributed by atoms with Gasteiger partial charge in [-0.1, -0.05) is 62.7 Å². The number of phenolic OH excluding ortho intramolecular Hbond substituents is 1. The van der Waals surface area contributed by atoms with Crippen LogP contribution in [0.5, 0.6) is 5.75 Å². The van der Waals surface area contributed by atoms with Gasteiger partial charge >= 0.3 is 5.97 Å². The summed E-state index contributed by atoms with van der Waals surface area (Å²) in [6.45, 7) is 4.02. The number of Topliss-reactive ketones (excluding diaryl/α,β-unsaturated/α-hetero) is 1. The number of aliphatic carboxylic acids is 1. The number of ether oxygens (including phenoxy) is 1. The maximum absolute atomic E-state index is 12.9. The number of nitrogens with one attached hydrogen (secondary N) is 1. The molecule has 0 aliphatic rings. The van der Waals surface area contributed by atoms with E-state index in [0.29, 0.717) is 5.56 Å². The first-order valence-electron chi connectivity index (χ1n) is 11.5. The molecule has 8 nitrogen and oxygen atoms in total. The molecule has 0 spiro atoms. The molecular formula is C26H34N2O6S. The number of carbonyl (C=O) groups is 3. The Kier molecular flexibility index (Phi) is 11.2. The summed E-state index contributed by atoms with van der Waals surface area (Å²) in [5.41, 5.74) is 7.66. The lowest BCUT2D eigenvalue weighted by molar-refractivity contribution is -0.143. The van der Waals surface area contributed by atoms with Crippen molar-refractivity contribution in [2.24, 2.45) is 11.7 Å². The minimum Gasteiger partial charge on any atom is -0.508 e. The Bertz CT molecular complexity index is 970. The van der Waals surface area contributed by atoms with E-state index in [2.05, 4.69) is 17.9 Å². The van der Waals surface area contributed by atoms with E-state index < -0.39 is 35.3 Å². The molecule has 9 heteroatoms. The molecule has 5 atom stereocenters. The van der Waals surface area contributed by atoms with Gasteiger partial charge in [0.1, 0.15) is 23.6 Å². The van der Waals surface area contributed by atoms with Crippen LogP contribution < -0.4 is 11.1 Å². The van der Waals surface area contributed by atoms with Gasteiger partial charge in [0.25, 0.3) is 0 Å². The van der Waals surface area contributed by atoms with Crippen LogP contribution in [-0.2, 0) is 32.1 Å². The van der Waals surface area contributed by atoms with Crippen LogP contribution in [0.4, 0.5) is 0 Å². The molecule has 5 N–H and O–H groups in total. The summed E-state index contributed by atoms with van der Waals surface area (Å²) in [5, 5.41) is 21.0. The molecule has 0 saturated carbocycles. The molecule has 0 aliphatic heterocycles. The van der Waals surface area contributed by atoms with Gasteiger partial charge in [0, 0.05) is 12.8 Å². The predicted molar refractivity (Wildman–Crippen MR) is 136 cm³/mol. The van der Waals surface area contributed by atoms with Crippen LogP contribution in [0.2, 0.25) is 0 Å². The fourth-order valence-corrected chi connectivity index (χ4v) is 3.75. The third kappa shape index (κ3) is 9.01. The van der Waals surface area contributed by atoms with Crippen LogP contribution in [0.25, 0.3) is 0 Å². The number of rotatable bonds is 14. The summed E-state index contributed by atoms with van der Waals surface area (Å²) in [6, 6.07) is 12.7. The summed E-state index contributed by atoms with van der Waals surface area (Å²) in [4.78, 5) is 37.6. The molecule has 0 saturated heterocycles. The van der Waals surface area contributed by atoms with Gasteiger partial charge < -0.3 is 26.0 Å². The van der Waals surface area contributed by atoms with Crippen molar-refractivity contribution in [3.63, 3.8) is 0 Å². The van der Waals surface area contributed by atoms with Crippen molar-refractivity contribution in [2.75, 3.05) is 0 Å². The van der Waals surface area contributed by atoms with Gasteiger partial charge in [0.2, 0.25) is 5.91 Å². The third-order valence-electron chi connectivity index (χ3n) is 5.92. The van der Waals surface area contributed by atoms with E-state index in [-0.39, 0.29) is 36.9 Å². The van der Waals surface area contributed by atoms with Crippen LogP contribution in [-0.4, -0.2) is 51.3 Å². The second kappa shape index (κ2) is 13.9. The van der Waals surface area contributed by atoms with Crippen molar-refractivity contribution in [1.29, 1.82) is 0 Å². The minimum absolute atomic E-state index is 0.00469. The maximum atomic E-state index is 12.9. The van der Waals surface area contributed by atoms with Crippen molar-refractivity contribution in [1.82, 2.24) is 5.32 Å². The second-order valence-corrected chi connectivity index (χ2v) is 9.19. The van der Waals surface area contributed by atoms with Gasteiger partial charge in [0.15, 0.2) is 0 Å². The highest BCUT2D eigenvalue weighted by Crippen LogP contribution is 2.19. The minimum atomic E-state index is -1.28. The first-order chi connectivity index (χ1) is 16.6. The third-order valence-corrected chi connectivity index (χ3v) is 6.71.